The number of benzene rings is 1. The average Bonchev–Trinajstić information content (AvgIpc) is 2.14. The summed E-state index contributed by atoms with van der Waals surface area (Å²) >= 11 is 1.29. The van der Waals surface area contributed by atoms with Crippen molar-refractivity contribution < 1.29 is 18.3 Å². The zero-order chi connectivity index (χ0) is 11.4. The molecule has 0 spiro atoms. The molecule has 6 heteroatoms. The monoisotopic (exact) mass is 292 g/mol. The van der Waals surface area contributed by atoms with E-state index in [1.807, 2.05) is 0 Å². The first kappa shape index (κ1) is 12.4. The van der Waals surface area contributed by atoms with E-state index < -0.39 is 17.0 Å². The Kier molecular flexibility index (Phi) is 4.44. The van der Waals surface area contributed by atoms with Gasteiger partial charge in [-0.2, -0.15) is 0 Å². The maximum absolute atomic E-state index is 11.2. The summed E-state index contributed by atoms with van der Waals surface area (Å²) in [5, 5.41) is 0. The van der Waals surface area contributed by atoms with Crippen LogP contribution in [-0.2, 0) is 21.6 Å². The van der Waals surface area contributed by atoms with Crippen molar-refractivity contribution in [1.82, 2.24) is 0 Å². The Balaban J connectivity index is 3.04. The van der Waals surface area contributed by atoms with Gasteiger partial charge in [-0.05, 0) is 23.8 Å². The van der Waals surface area contributed by atoms with Crippen LogP contribution in [0.1, 0.15) is 15.9 Å². The smallest absolute Gasteiger partial charge is 0.337 e. The van der Waals surface area contributed by atoms with Crippen molar-refractivity contribution in [3.8, 4) is 0 Å². The Labute approximate surface area is 98.0 Å². The fraction of sp³-hybridized carbons (Fsp3) is 0.222. The van der Waals surface area contributed by atoms with Crippen LogP contribution in [0.15, 0.2) is 22.7 Å². The van der Waals surface area contributed by atoms with E-state index in [-0.39, 0.29) is 5.75 Å². The number of ether oxygens (including phenoxy) is 1. The predicted octanol–water partition coefficient (Wildman–Crippen LogP) is 1.96. The predicted molar refractivity (Wildman–Crippen MR) is 60.0 cm³/mol. The molecule has 1 unspecified atom stereocenters. The zero-order valence-electron chi connectivity index (χ0n) is 7.90. The van der Waals surface area contributed by atoms with Crippen LogP contribution in [0.4, 0.5) is 0 Å². The average molecular weight is 293 g/mol. The maximum Gasteiger partial charge on any atom is 0.337 e. The Morgan fingerprint density at radius 2 is 2.20 bits per heavy atom. The Hall–Kier alpha value is -0.720. The molecule has 1 N–H and O–H groups in total. The lowest BCUT2D eigenvalue weighted by Gasteiger charge is -2.03. The molecule has 0 aliphatic heterocycles. The van der Waals surface area contributed by atoms with Crippen LogP contribution in [0.3, 0.4) is 0 Å². The summed E-state index contributed by atoms with van der Waals surface area (Å²) in [5.74, 6) is -0.482. The molecular weight excluding hydrogens is 284 g/mol. The first-order valence-electron chi connectivity index (χ1n) is 3.98. The van der Waals surface area contributed by atoms with E-state index >= 15 is 0 Å². The molecule has 15 heavy (non-hydrogen) atoms. The first-order valence-corrected chi connectivity index (χ1v) is 6.05. The molecule has 4 nitrogen and oxygen atoms in total. The van der Waals surface area contributed by atoms with E-state index in [4.69, 9.17) is 4.55 Å². The van der Waals surface area contributed by atoms with E-state index in [0.29, 0.717) is 15.6 Å². The topological polar surface area (TPSA) is 63.6 Å². The Morgan fingerprint density at radius 1 is 1.53 bits per heavy atom. The molecule has 1 aromatic carbocycles. The lowest BCUT2D eigenvalue weighted by Crippen LogP contribution is -2.03. The molecule has 82 valence electrons. The number of hydrogen-bond donors (Lipinski definition) is 1. The first-order chi connectivity index (χ1) is 7.02. The van der Waals surface area contributed by atoms with Gasteiger partial charge in [-0.3, -0.25) is 0 Å². The standard InChI is InChI=1S/C9H9BrO4S/c1-14-9(11)7-2-6(5-15(12)13)3-8(10)4-7/h2-4H,5H2,1H3,(H,12,13). The number of halogens is 1. The molecule has 0 saturated carbocycles. The molecule has 1 rings (SSSR count). The van der Waals surface area contributed by atoms with Crippen molar-refractivity contribution in [3.63, 3.8) is 0 Å². The fourth-order valence-electron chi connectivity index (χ4n) is 1.11. The highest BCUT2D eigenvalue weighted by Crippen LogP contribution is 2.17. The number of hydrogen-bond acceptors (Lipinski definition) is 3. The highest BCUT2D eigenvalue weighted by molar-refractivity contribution is 9.10. The van der Waals surface area contributed by atoms with Crippen LogP contribution in [0.25, 0.3) is 0 Å². The van der Waals surface area contributed by atoms with Gasteiger partial charge in [0.05, 0.1) is 18.4 Å². The lowest BCUT2D eigenvalue weighted by molar-refractivity contribution is 0.0600. The van der Waals surface area contributed by atoms with Crippen molar-refractivity contribution in [2.24, 2.45) is 0 Å². The summed E-state index contributed by atoms with van der Waals surface area (Å²) in [6.07, 6.45) is 0. The van der Waals surface area contributed by atoms with Gasteiger partial charge in [-0.1, -0.05) is 15.9 Å². The van der Waals surface area contributed by atoms with Crippen LogP contribution in [0.5, 0.6) is 0 Å². The third-order valence-corrected chi connectivity index (χ3v) is 2.71. The van der Waals surface area contributed by atoms with Crippen LogP contribution >= 0.6 is 15.9 Å². The minimum absolute atomic E-state index is 0.0105. The van der Waals surface area contributed by atoms with Gasteiger partial charge in [0.1, 0.15) is 0 Å². The van der Waals surface area contributed by atoms with Gasteiger partial charge in [-0.15, -0.1) is 0 Å². The fourth-order valence-corrected chi connectivity index (χ4v) is 2.10. The highest BCUT2D eigenvalue weighted by Gasteiger charge is 2.09. The number of esters is 1. The highest BCUT2D eigenvalue weighted by atomic mass is 79.9. The van der Waals surface area contributed by atoms with E-state index in [1.165, 1.54) is 13.2 Å². The summed E-state index contributed by atoms with van der Waals surface area (Å²) in [6, 6.07) is 4.81. The van der Waals surface area contributed by atoms with Gasteiger partial charge in [0.25, 0.3) is 0 Å². The Morgan fingerprint density at radius 3 is 2.73 bits per heavy atom. The number of carbonyl (C=O) groups excluding carboxylic acids is 1. The molecule has 0 heterocycles. The quantitative estimate of drug-likeness (QED) is 0.683. The molecular formula is C9H9BrO4S. The zero-order valence-corrected chi connectivity index (χ0v) is 10.3. The van der Waals surface area contributed by atoms with Gasteiger partial charge in [-0.25, -0.2) is 9.00 Å². The molecule has 1 aromatic rings. The molecule has 0 saturated heterocycles. The molecule has 0 fully saturated rings. The normalized spacial score (nSPS) is 12.2. The molecule has 0 amide bonds. The van der Waals surface area contributed by atoms with Crippen LogP contribution in [0.2, 0.25) is 0 Å². The number of methoxy groups -OCH3 is 1. The van der Waals surface area contributed by atoms with Gasteiger partial charge in [0.15, 0.2) is 11.1 Å². The summed E-state index contributed by atoms with van der Waals surface area (Å²) in [4.78, 5) is 11.2. The largest absolute Gasteiger partial charge is 0.465 e. The van der Waals surface area contributed by atoms with Crippen molar-refractivity contribution in [1.29, 1.82) is 0 Å². The van der Waals surface area contributed by atoms with E-state index in [2.05, 4.69) is 20.7 Å². The second-order valence-corrected chi connectivity index (χ2v) is 4.65. The molecule has 0 bridgehead atoms. The van der Waals surface area contributed by atoms with Crippen LogP contribution in [-0.4, -0.2) is 21.8 Å². The molecule has 1 atom stereocenters. The minimum atomic E-state index is -1.92. The van der Waals surface area contributed by atoms with E-state index in [1.54, 1.807) is 12.1 Å². The van der Waals surface area contributed by atoms with E-state index in [0.717, 1.165) is 0 Å². The third kappa shape index (κ3) is 3.73. The SMILES string of the molecule is COC(=O)c1cc(Br)cc(CS(=O)O)c1. The second-order valence-electron chi connectivity index (χ2n) is 2.81. The van der Waals surface area contributed by atoms with Crippen molar-refractivity contribution in [3.05, 3.63) is 33.8 Å². The van der Waals surface area contributed by atoms with Crippen LogP contribution in [0, 0.1) is 0 Å². The summed E-state index contributed by atoms with van der Waals surface area (Å²) in [5.41, 5.74) is 0.956. The molecule has 0 aliphatic carbocycles. The lowest BCUT2D eigenvalue weighted by atomic mass is 10.1. The maximum atomic E-state index is 11.2. The van der Waals surface area contributed by atoms with Crippen molar-refractivity contribution >= 4 is 33.0 Å². The molecule has 0 aliphatic rings. The van der Waals surface area contributed by atoms with Crippen molar-refractivity contribution in [2.75, 3.05) is 7.11 Å². The van der Waals surface area contributed by atoms with Gasteiger partial charge >= 0.3 is 5.97 Å². The Bertz CT molecular complexity index is 405. The third-order valence-electron chi connectivity index (χ3n) is 1.67. The van der Waals surface area contributed by atoms with Gasteiger partial charge < -0.3 is 9.29 Å². The summed E-state index contributed by atoms with van der Waals surface area (Å²) in [7, 11) is 1.28. The summed E-state index contributed by atoms with van der Waals surface area (Å²) in [6.45, 7) is 0. The van der Waals surface area contributed by atoms with Crippen LogP contribution < -0.4 is 0 Å². The number of carbonyl (C=O) groups is 1. The summed E-state index contributed by atoms with van der Waals surface area (Å²) < 4.78 is 24.6. The van der Waals surface area contributed by atoms with Crippen molar-refractivity contribution in [2.45, 2.75) is 5.75 Å². The van der Waals surface area contributed by atoms with E-state index in [9.17, 15) is 9.00 Å². The molecule has 0 aromatic heterocycles. The van der Waals surface area contributed by atoms with Gasteiger partial charge in [0.2, 0.25) is 0 Å². The molecule has 0 radical (unpaired) electrons. The number of rotatable bonds is 3. The second kappa shape index (κ2) is 5.39. The minimum Gasteiger partial charge on any atom is -0.465 e. The van der Waals surface area contributed by atoms with Gasteiger partial charge in [0, 0.05) is 4.47 Å².